The lowest BCUT2D eigenvalue weighted by Gasteiger charge is -2.22. The zero-order valence-electron chi connectivity index (χ0n) is 7.83. The average Bonchev–Trinajstić information content (AvgIpc) is 2.34. The second-order valence-electron chi connectivity index (χ2n) is 4.14. The summed E-state index contributed by atoms with van der Waals surface area (Å²) in [7, 11) is -3.00. The molecule has 0 aliphatic carbocycles. The predicted molar refractivity (Wildman–Crippen MR) is 47.9 cm³/mol. The van der Waals surface area contributed by atoms with Gasteiger partial charge in [0.2, 0.25) is 0 Å². The predicted octanol–water partition coefficient (Wildman–Crippen LogP) is 0.989. The molecule has 0 bridgehead atoms. The molecule has 0 aromatic carbocycles. The van der Waals surface area contributed by atoms with E-state index < -0.39 is 14.6 Å². The molecule has 4 heteroatoms. The van der Waals surface area contributed by atoms with Gasteiger partial charge in [0, 0.05) is 6.61 Å². The molecule has 1 rings (SSSR count). The average molecular weight is 192 g/mol. The van der Waals surface area contributed by atoms with Crippen molar-refractivity contribution < 1.29 is 13.2 Å². The minimum absolute atomic E-state index is 0.280. The Bertz CT molecular complexity index is 242. The monoisotopic (exact) mass is 192 g/mol. The van der Waals surface area contributed by atoms with Crippen molar-refractivity contribution >= 4 is 9.84 Å². The van der Waals surface area contributed by atoms with Crippen molar-refractivity contribution in [2.75, 3.05) is 13.2 Å². The van der Waals surface area contributed by atoms with Crippen LogP contribution >= 0.6 is 0 Å². The minimum Gasteiger partial charge on any atom is -0.380 e. The third kappa shape index (κ3) is 1.64. The first-order valence-corrected chi connectivity index (χ1v) is 5.71. The van der Waals surface area contributed by atoms with Gasteiger partial charge >= 0.3 is 0 Å². The van der Waals surface area contributed by atoms with Crippen LogP contribution in [0.5, 0.6) is 0 Å². The highest BCUT2D eigenvalue weighted by atomic mass is 32.2. The molecule has 1 aliphatic heterocycles. The highest BCUT2D eigenvalue weighted by molar-refractivity contribution is 7.93. The lowest BCUT2D eigenvalue weighted by atomic mass is 10.3. The lowest BCUT2D eigenvalue weighted by Crippen LogP contribution is -2.37. The maximum absolute atomic E-state index is 11.8. The summed E-state index contributed by atoms with van der Waals surface area (Å²) in [5, 5.41) is -0.280. The Morgan fingerprint density at radius 2 is 1.92 bits per heavy atom. The molecule has 72 valence electrons. The van der Waals surface area contributed by atoms with Gasteiger partial charge in [0.05, 0.1) is 16.6 Å². The zero-order valence-corrected chi connectivity index (χ0v) is 8.65. The Labute approximate surface area is 74.0 Å². The van der Waals surface area contributed by atoms with Crippen LogP contribution in [0, 0.1) is 0 Å². The SMILES string of the molecule is CC(C)(C)S(=O)(=O)C1CCOC1. The first kappa shape index (κ1) is 9.99. The summed E-state index contributed by atoms with van der Waals surface area (Å²) in [5.74, 6) is 0. The highest BCUT2D eigenvalue weighted by Crippen LogP contribution is 2.25. The Kier molecular flexibility index (Phi) is 2.50. The molecule has 1 unspecified atom stereocenters. The molecule has 1 saturated heterocycles. The van der Waals surface area contributed by atoms with Crippen molar-refractivity contribution in [3.05, 3.63) is 0 Å². The van der Waals surface area contributed by atoms with Crippen LogP contribution in [0.2, 0.25) is 0 Å². The Hall–Kier alpha value is -0.0900. The molecule has 1 fully saturated rings. The van der Waals surface area contributed by atoms with Gasteiger partial charge in [-0.15, -0.1) is 0 Å². The number of sulfone groups is 1. The largest absolute Gasteiger partial charge is 0.380 e. The molecule has 0 aromatic rings. The van der Waals surface area contributed by atoms with E-state index in [-0.39, 0.29) is 5.25 Å². The fourth-order valence-electron chi connectivity index (χ4n) is 1.26. The minimum atomic E-state index is -3.00. The van der Waals surface area contributed by atoms with E-state index in [1.807, 2.05) is 0 Å². The summed E-state index contributed by atoms with van der Waals surface area (Å²) in [6.07, 6.45) is 0.652. The molecular formula is C8H16O3S. The van der Waals surface area contributed by atoms with Crippen LogP contribution < -0.4 is 0 Å². The second-order valence-corrected chi connectivity index (χ2v) is 7.12. The smallest absolute Gasteiger partial charge is 0.160 e. The van der Waals surface area contributed by atoms with Gasteiger partial charge in [-0.3, -0.25) is 0 Å². The molecule has 3 nitrogen and oxygen atoms in total. The summed E-state index contributed by atoms with van der Waals surface area (Å²) in [4.78, 5) is 0. The highest BCUT2D eigenvalue weighted by Gasteiger charge is 2.38. The molecular weight excluding hydrogens is 176 g/mol. The Morgan fingerprint density at radius 1 is 1.33 bits per heavy atom. The van der Waals surface area contributed by atoms with E-state index in [1.54, 1.807) is 20.8 Å². The van der Waals surface area contributed by atoms with Crippen LogP contribution in [0.15, 0.2) is 0 Å². The molecule has 1 aliphatic rings. The summed E-state index contributed by atoms with van der Waals surface area (Å²) >= 11 is 0. The maximum Gasteiger partial charge on any atom is 0.160 e. The maximum atomic E-state index is 11.8. The quantitative estimate of drug-likeness (QED) is 0.622. The molecule has 0 aromatic heterocycles. The van der Waals surface area contributed by atoms with Crippen molar-refractivity contribution in [2.24, 2.45) is 0 Å². The standard InChI is InChI=1S/C8H16O3S/c1-8(2,3)12(9,10)7-4-5-11-6-7/h7H,4-6H2,1-3H3. The summed E-state index contributed by atoms with van der Waals surface area (Å²) < 4.78 is 28.0. The van der Waals surface area contributed by atoms with Crippen LogP contribution in [0.1, 0.15) is 27.2 Å². The summed E-state index contributed by atoms with van der Waals surface area (Å²) in [6, 6.07) is 0. The van der Waals surface area contributed by atoms with Gasteiger partial charge in [-0.2, -0.15) is 0 Å². The number of ether oxygens (including phenoxy) is 1. The Morgan fingerprint density at radius 3 is 2.25 bits per heavy atom. The van der Waals surface area contributed by atoms with Crippen molar-refractivity contribution in [2.45, 2.75) is 37.2 Å². The third-order valence-electron chi connectivity index (χ3n) is 2.18. The third-order valence-corrected chi connectivity index (χ3v) is 5.14. The van der Waals surface area contributed by atoms with Crippen LogP contribution in [0.25, 0.3) is 0 Å². The van der Waals surface area contributed by atoms with Gasteiger partial charge in [0.15, 0.2) is 9.84 Å². The fraction of sp³-hybridized carbons (Fsp3) is 1.00. The van der Waals surface area contributed by atoms with Crippen molar-refractivity contribution in [3.63, 3.8) is 0 Å². The van der Waals surface area contributed by atoms with E-state index in [4.69, 9.17) is 4.74 Å². The molecule has 0 amide bonds. The van der Waals surface area contributed by atoms with E-state index >= 15 is 0 Å². The molecule has 0 saturated carbocycles. The molecule has 12 heavy (non-hydrogen) atoms. The topological polar surface area (TPSA) is 43.4 Å². The molecule has 1 atom stereocenters. The molecule has 0 spiro atoms. The lowest BCUT2D eigenvalue weighted by molar-refractivity contribution is 0.198. The van der Waals surface area contributed by atoms with Gasteiger partial charge in [-0.05, 0) is 27.2 Å². The van der Waals surface area contributed by atoms with Gasteiger partial charge in [0.25, 0.3) is 0 Å². The first-order valence-electron chi connectivity index (χ1n) is 4.17. The van der Waals surface area contributed by atoms with Crippen LogP contribution in [-0.2, 0) is 14.6 Å². The summed E-state index contributed by atoms with van der Waals surface area (Å²) in [5.41, 5.74) is 0. The van der Waals surface area contributed by atoms with Crippen molar-refractivity contribution in [1.29, 1.82) is 0 Å². The van der Waals surface area contributed by atoms with E-state index in [0.717, 1.165) is 0 Å². The van der Waals surface area contributed by atoms with Crippen LogP contribution in [-0.4, -0.2) is 31.6 Å². The van der Waals surface area contributed by atoms with E-state index in [0.29, 0.717) is 19.6 Å². The van der Waals surface area contributed by atoms with Gasteiger partial charge in [-0.25, -0.2) is 8.42 Å². The van der Waals surface area contributed by atoms with E-state index in [2.05, 4.69) is 0 Å². The molecule has 0 N–H and O–H groups in total. The Balaban J connectivity index is 2.85. The summed E-state index contributed by atoms with van der Waals surface area (Å²) in [6.45, 7) is 6.17. The normalized spacial score (nSPS) is 26.1. The number of hydrogen-bond donors (Lipinski definition) is 0. The van der Waals surface area contributed by atoms with Crippen LogP contribution in [0.3, 0.4) is 0 Å². The van der Waals surface area contributed by atoms with Gasteiger partial charge in [-0.1, -0.05) is 0 Å². The van der Waals surface area contributed by atoms with Gasteiger partial charge < -0.3 is 4.74 Å². The van der Waals surface area contributed by atoms with Crippen LogP contribution in [0.4, 0.5) is 0 Å². The van der Waals surface area contributed by atoms with E-state index in [9.17, 15) is 8.42 Å². The second kappa shape index (κ2) is 3.00. The fourth-order valence-corrected chi connectivity index (χ4v) is 2.94. The van der Waals surface area contributed by atoms with Crippen molar-refractivity contribution in [3.8, 4) is 0 Å². The number of hydrogen-bond acceptors (Lipinski definition) is 3. The van der Waals surface area contributed by atoms with Crippen molar-refractivity contribution in [1.82, 2.24) is 0 Å². The first-order chi connectivity index (χ1) is 5.36. The number of rotatable bonds is 1. The molecule has 1 heterocycles. The molecule has 0 radical (unpaired) electrons. The zero-order chi connectivity index (χ0) is 9.41. The van der Waals surface area contributed by atoms with E-state index in [1.165, 1.54) is 0 Å². The van der Waals surface area contributed by atoms with Gasteiger partial charge in [0.1, 0.15) is 0 Å².